The van der Waals surface area contributed by atoms with Gasteiger partial charge in [-0.05, 0) is 42.3 Å². The summed E-state index contributed by atoms with van der Waals surface area (Å²) in [6.45, 7) is 0.955. The largest absolute Gasteiger partial charge is 0.398 e. The van der Waals surface area contributed by atoms with E-state index in [0.29, 0.717) is 42.5 Å². The number of aromatic nitrogens is 2. The minimum absolute atomic E-state index is 0.0349. The van der Waals surface area contributed by atoms with Crippen molar-refractivity contribution in [1.82, 2.24) is 9.97 Å². The maximum atomic E-state index is 9.35. The first-order chi connectivity index (χ1) is 14.6. The summed E-state index contributed by atoms with van der Waals surface area (Å²) in [5.41, 5.74) is 15.3. The molecule has 3 aromatic rings. The molecule has 0 aliphatic rings. The predicted octanol–water partition coefficient (Wildman–Crippen LogP) is 3.07. The van der Waals surface area contributed by atoms with Gasteiger partial charge in [-0.1, -0.05) is 12.1 Å². The lowest BCUT2D eigenvalue weighted by Gasteiger charge is -2.26. The number of thiol groups is 1. The number of nitrogen functional groups attached to an aromatic ring is 1. The molecule has 0 amide bonds. The van der Waals surface area contributed by atoms with Crippen LogP contribution in [0.15, 0.2) is 53.6 Å². The van der Waals surface area contributed by atoms with E-state index in [4.69, 9.17) is 16.9 Å². The molecule has 156 valence electrons. The van der Waals surface area contributed by atoms with E-state index in [9.17, 15) is 5.11 Å². The quantitative estimate of drug-likeness (QED) is 0.177. The van der Waals surface area contributed by atoms with Crippen LogP contribution in [0.3, 0.4) is 0 Å². The van der Waals surface area contributed by atoms with Gasteiger partial charge in [-0.25, -0.2) is 4.98 Å². The van der Waals surface area contributed by atoms with Gasteiger partial charge in [-0.3, -0.25) is 0 Å². The monoisotopic (exact) mass is 423 g/mol. The number of rotatable bonds is 9. The highest BCUT2D eigenvalue weighted by Crippen LogP contribution is 2.30. The molecule has 0 unspecified atom stereocenters. The van der Waals surface area contributed by atoms with E-state index in [1.165, 1.54) is 6.21 Å². The van der Waals surface area contributed by atoms with E-state index in [2.05, 4.69) is 27.9 Å². The van der Waals surface area contributed by atoms with Crippen molar-refractivity contribution in [3.8, 4) is 0 Å². The molecule has 0 fully saturated rings. The van der Waals surface area contributed by atoms with Crippen molar-refractivity contribution in [1.29, 1.82) is 5.41 Å². The summed E-state index contributed by atoms with van der Waals surface area (Å²) in [5, 5.41) is 20.3. The first-order valence-corrected chi connectivity index (χ1v) is 9.91. The number of nitrogens with two attached hydrogens (primary N) is 2. The van der Waals surface area contributed by atoms with Gasteiger partial charge < -0.3 is 32.2 Å². The van der Waals surface area contributed by atoms with E-state index in [1.54, 1.807) is 18.3 Å². The van der Waals surface area contributed by atoms with Crippen LogP contribution >= 0.6 is 12.6 Å². The SMILES string of the molecule is N=Cc1c(N)cccc1N(CCCO)c1ccnc(Nc2ccc(CN)c(S)c2)n1. The minimum Gasteiger partial charge on any atom is -0.398 e. The van der Waals surface area contributed by atoms with E-state index < -0.39 is 0 Å². The van der Waals surface area contributed by atoms with Crippen LogP contribution in [-0.2, 0) is 6.54 Å². The number of aliphatic hydroxyl groups excluding tert-OH is 1. The zero-order valence-corrected chi connectivity index (χ0v) is 17.3. The van der Waals surface area contributed by atoms with Crippen LogP contribution in [0, 0.1) is 5.41 Å². The van der Waals surface area contributed by atoms with Crippen molar-refractivity contribution in [3.63, 3.8) is 0 Å². The van der Waals surface area contributed by atoms with Crippen molar-refractivity contribution < 1.29 is 5.11 Å². The van der Waals surface area contributed by atoms with Crippen LogP contribution in [0.4, 0.5) is 28.8 Å². The third-order valence-corrected chi connectivity index (χ3v) is 4.99. The molecule has 0 saturated carbocycles. The summed E-state index contributed by atoms with van der Waals surface area (Å²) in [6.07, 6.45) is 3.41. The van der Waals surface area contributed by atoms with Gasteiger partial charge in [0.05, 0.1) is 5.69 Å². The molecular weight excluding hydrogens is 398 g/mol. The second kappa shape index (κ2) is 10.1. The fraction of sp³-hybridized carbons (Fsp3) is 0.190. The van der Waals surface area contributed by atoms with Crippen molar-refractivity contribution >= 4 is 47.7 Å². The molecule has 0 radical (unpaired) electrons. The van der Waals surface area contributed by atoms with Crippen LogP contribution in [0.2, 0.25) is 0 Å². The Morgan fingerprint density at radius 1 is 1.23 bits per heavy atom. The molecule has 2 aromatic carbocycles. The van der Waals surface area contributed by atoms with Gasteiger partial charge in [-0.15, -0.1) is 12.6 Å². The molecule has 0 aliphatic carbocycles. The summed E-state index contributed by atoms with van der Waals surface area (Å²) in [5.74, 6) is 1.04. The van der Waals surface area contributed by atoms with Crippen molar-refractivity contribution in [3.05, 3.63) is 59.8 Å². The molecule has 0 atom stereocenters. The molecule has 0 aliphatic heterocycles. The molecule has 0 bridgehead atoms. The maximum Gasteiger partial charge on any atom is 0.229 e. The van der Waals surface area contributed by atoms with Gasteiger partial charge in [0.15, 0.2) is 0 Å². The van der Waals surface area contributed by atoms with Crippen LogP contribution in [0.5, 0.6) is 0 Å². The number of hydrogen-bond donors (Lipinski definition) is 6. The third kappa shape index (κ3) is 4.88. The zero-order valence-electron chi connectivity index (χ0n) is 16.4. The molecule has 0 saturated heterocycles. The van der Waals surface area contributed by atoms with E-state index in [1.807, 2.05) is 35.2 Å². The lowest BCUT2D eigenvalue weighted by molar-refractivity contribution is 0.290. The second-order valence-corrected chi connectivity index (χ2v) is 7.05. The van der Waals surface area contributed by atoms with Crippen LogP contribution in [0.1, 0.15) is 17.5 Å². The van der Waals surface area contributed by atoms with E-state index in [0.717, 1.165) is 21.8 Å². The Labute approximate surface area is 180 Å². The highest BCUT2D eigenvalue weighted by atomic mass is 32.1. The lowest BCUT2D eigenvalue weighted by atomic mass is 10.1. The third-order valence-electron chi connectivity index (χ3n) is 4.57. The Hall–Kier alpha value is -3.14. The molecule has 3 rings (SSSR count). The number of aliphatic hydroxyl groups is 1. The molecule has 30 heavy (non-hydrogen) atoms. The number of benzene rings is 2. The first-order valence-electron chi connectivity index (χ1n) is 9.46. The van der Waals surface area contributed by atoms with Crippen LogP contribution in [-0.4, -0.2) is 34.4 Å². The van der Waals surface area contributed by atoms with E-state index in [-0.39, 0.29) is 6.61 Å². The van der Waals surface area contributed by atoms with Crippen molar-refractivity contribution in [2.45, 2.75) is 17.9 Å². The van der Waals surface area contributed by atoms with Crippen molar-refractivity contribution in [2.24, 2.45) is 5.73 Å². The average molecular weight is 424 g/mol. The minimum atomic E-state index is 0.0349. The van der Waals surface area contributed by atoms with Gasteiger partial charge in [0.2, 0.25) is 5.95 Å². The van der Waals surface area contributed by atoms with Crippen LogP contribution < -0.4 is 21.7 Å². The first kappa shape index (κ1) is 21.6. The number of anilines is 5. The fourth-order valence-electron chi connectivity index (χ4n) is 3.05. The summed E-state index contributed by atoms with van der Waals surface area (Å²) in [6, 6.07) is 12.9. The number of nitrogens with one attached hydrogen (secondary N) is 2. The lowest BCUT2D eigenvalue weighted by Crippen LogP contribution is -2.22. The van der Waals surface area contributed by atoms with Crippen LogP contribution in [0.25, 0.3) is 0 Å². The van der Waals surface area contributed by atoms with Gasteiger partial charge in [0, 0.05) is 53.9 Å². The Morgan fingerprint density at radius 3 is 2.77 bits per heavy atom. The normalized spacial score (nSPS) is 10.6. The predicted molar refractivity (Wildman–Crippen MR) is 124 cm³/mol. The topological polar surface area (TPSA) is 137 Å². The van der Waals surface area contributed by atoms with Crippen molar-refractivity contribution in [2.75, 3.05) is 29.1 Å². The van der Waals surface area contributed by atoms with E-state index >= 15 is 0 Å². The Bertz CT molecular complexity index is 1030. The summed E-state index contributed by atoms with van der Waals surface area (Å²) < 4.78 is 0. The highest BCUT2D eigenvalue weighted by molar-refractivity contribution is 7.80. The average Bonchev–Trinajstić information content (AvgIpc) is 2.74. The maximum absolute atomic E-state index is 9.35. The molecular formula is C21H25N7OS. The van der Waals surface area contributed by atoms with Gasteiger partial charge >= 0.3 is 0 Å². The Balaban J connectivity index is 1.95. The standard InChI is InChI=1S/C21H25N7OS/c22-12-14-5-6-15(11-19(14)30)26-21-25-8-7-20(27-21)28(9-2-10-29)18-4-1-3-17(24)16(18)13-23/h1,3-8,11,13,23,29-30H,2,9-10,12,22,24H2,(H,25,26,27). The molecule has 1 heterocycles. The van der Waals surface area contributed by atoms with Gasteiger partial charge in [0.1, 0.15) is 5.82 Å². The number of hydrogen-bond acceptors (Lipinski definition) is 9. The Morgan fingerprint density at radius 2 is 2.07 bits per heavy atom. The number of nitrogens with zero attached hydrogens (tertiary/aromatic N) is 3. The zero-order chi connectivity index (χ0) is 21.5. The summed E-state index contributed by atoms with van der Waals surface area (Å²) in [4.78, 5) is 11.6. The molecule has 8 nitrogen and oxygen atoms in total. The second-order valence-electron chi connectivity index (χ2n) is 6.56. The fourth-order valence-corrected chi connectivity index (χ4v) is 3.36. The smallest absolute Gasteiger partial charge is 0.229 e. The van der Waals surface area contributed by atoms with Gasteiger partial charge in [0.25, 0.3) is 0 Å². The molecule has 1 aromatic heterocycles. The highest BCUT2D eigenvalue weighted by Gasteiger charge is 2.16. The molecule has 9 heteroatoms. The molecule has 7 N–H and O–H groups in total. The Kier molecular flexibility index (Phi) is 7.23. The summed E-state index contributed by atoms with van der Waals surface area (Å²) >= 11 is 4.46. The summed E-state index contributed by atoms with van der Waals surface area (Å²) in [7, 11) is 0. The van der Waals surface area contributed by atoms with Gasteiger partial charge in [-0.2, -0.15) is 4.98 Å². The molecule has 0 spiro atoms.